The Labute approximate surface area is 136 Å². The van der Waals surface area contributed by atoms with Crippen LogP contribution in [0.25, 0.3) is 17.2 Å². The van der Waals surface area contributed by atoms with Gasteiger partial charge in [-0.25, -0.2) is 0 Å². The van der Waals surface area contributed by atoms with E-state index in [0.29, 0.717) is 0 Å². The Morgan fingerprint density at radius 3 is 2.57 bits per heavy atom. The summed E-state index contributed by atoms with van der Waals surface area (Å²) in [5.74, 6) is 0. The molecule has 1 heteroatoms. The minimum atomic E-state index is 1.08. The highest BCUT2D eigenvalue weighted by Crippen LogP contribution is 2.36. The third-order valence-corrected chi connectivity index (χ3v) is 4.65. The molecule has 0 aromatic heterocycles. The fourth-order valence-corrected chi connectivity index (χ4v) is 3.54. The molecule has 2 aromatic rings. The van der Waals surface area contributed by atoms with Crippen LogP contribution in [0.3, 0.4) is 0 Å². The average Bonchev–Trinajstić information content (AvgIpc) is 2.85. The fourth-order valence-electron chi connectivity index (χ4n) is 3.07. The first-order valence-electron chi connectivity index (χ1n) is 7.76. The van der Waals surface area contributed by atoms with E-state index in [4.69, 9.17) is 0 Å². The summed E-state index contributed by atoms with van der Waals surface area (Å²) in [5.41, 5.74) is 8.43. The Morgan fingerprint density at radius 2 is 1.86 bits per heavy atom. The Hall–Kier alpha value is -1.34. The minimum absolute atomic E-state index is 1.08. The Balaban J connectivity index is 1.95. The van der Waals surface area contributed by atoms with E-state index < -0.39 is 0 Å². The van der Waals surface area contributed by atoms with Gasteiger partial charge in [0.2, 0.25) is 0 Å². The minimum Gasteiger partial charge on any atom is -0.0683 e. The zero-order chi connectivity index (χ0) is 14.8. The molecule has 1 aliphatic carbocycles. The van der Waals surface area contributed by atoms with Crippen molar-refractivity contribution in [2.45, 2.75) is 39.5 Å². The lowest BCUT2D eigenvalue weighted by Gasteiger charge is -2.11. The molecule has 0 saturated carbocycles. The highest BCUT2D eigenvalue weighted by molar-refractivity contribution is 9.10. The zero-order valence-corrected chi connectivity index (χ0v) is 14.3. The maximum Gasteiger partial charge on any atom is 0.0187 e. The van der Waals surface area contributed by atoms with Gasteiger partial charge in [0.15, 0.2) is 0 Å². The van der Waals surface area contributed by atoms with Crippen LogP contribution in [0.5, 0.6) is 0 Å². The Morgan fingerprint density at radius 1 is 1.10 bits per heavy atom. The van der Waals surface area contributed by atoms with Gasteiger partial charge in [0.25, 0.3) is 0 Å². The standard InChI is InChI=1S/C20H21Br/c1-3-4-5-15-6-8-16(9-7-15)20-13-18(21)12-17-10-14(2)11-19(17)20/h6-10,12-13H,3-5,11H2,1-2H3. The van der Waals surface area contributed by atoms with Crippen molar-refractivity contribution in [2.75, 3.05) is 0 Å². The quantitative estimate of drug-likeness (QED) is 0.602. The van der Waals surface area contributed by atoms with Crippen molar-refractivity contribution < 1.29 is 0 Å². The fraction of sp³-hybridized carbons (Fsp3) is 0.300. The van der Waals surface area contributed by atoms with Crippen LogP contribution in [0.2, 0.25) is 0 Å². The molecule has 0 atom stereocenters. The predicted molar refractivity (Wildman–Crippen MR) is 95.5 cm³/mol. The summed E-state index contributed by atoms with van der Waals surface area (Å²) < 4.78 is 1.16. The van der Waals surface area contributed by atoms with Crippen LogP contribution in [0.1, 0.15) is 43.4 Å². The van der Waals surface area contributed by atoms with Gasteiger partial charge in [-0.05, 0) is 66.1 Å². The first-order valence-corrected chi connectivity index (χ1v) is 8.55. The molecule has 0 aliphatic heterocycles. The molecule has 3 rings (SSSR count). The molecular formula is C20H21Br. The maximum atomic E-state index is 3.65. The SMILES string of the molecule is CCCCc1ccc(-c2cc(Br)cc3c2CC(C)=C3)cc1. The van der Waals surface area contributed by atoms with Crippen molar-refractivity contribution >= 4 is 22.0 Å². The largest absolute Gasteiger partial charge is 0.0683 e. The molecule has 21 heavy (non-hydrogen) atoms. The van der Waals surface area contributed by atoms with Gasteiger partial charge < -0.3 is 0 Å². The van der Waals surface area contributed by atoms with Crippen molar-refractivity contribution in [3.05, 3.63) is 63.1 Å². The van der Waals surface area contributed by atoms with Gasteiger partial charge in [0.1, 0.15) is 0 Å². The van der Waals surface area contributed by atoms with Crippen molar-refractivity contribution in [3.63, 3.8) is 0 Å². The molecule has 0 heterocycles. The van der Waals surface area contributed by atoms with Crippen molar-refractivity contribution in [2.24, 2.45) is 0 Å². The zero-order valence-electron chi connectivity index (χ0n) is 12.7. The molecule has 0 N–H and O–H groups in total. The number of fused-ring (bicyclic) bond motifs is 1. The van der Waals surface area contributed by atoms with Crippen LogP contribution in [-0.2, 0) is 12.8 Å². The Kier molecular flexibility index (Phi) is 4.30. The number of halogens is 1. The van der Waals surface area contributed by atoms with Gasteiger partial charge in [-0.1, -0.05) is 65.2 Å². The molecule has 0 spiro atoms. The average molecular weight is 341 g/mol. The van der Waals surface area contributed by atoms with Crippen molar-refractivity contribution in [3.8, 4) is 11.1 Å². The molecule has 1 aliphatic rings. The predicted octanol–water partition coefficient (Wildman–Crippen LogP) is 6.42. The first kappa shape index (κ1) is 14.6. The maximum absolute atomic E-state index is 3.65. The summed E-state index contributed by atoms with van der Waals surface area (Å²) in [5, 5.41) is 0. The van der Waals surface area contributed by atoms with Crippen LogP contribution in [0.4, 0.5) is 0 Å². The lowest BCUT2D eigenvalue weighted by molar-refractivity contribution is 0.795. The molecule has 108 valence electrons. The number of allylic oxidation sites excluding steroid dienone is 1. The van der Waals surface area contributed by atoms with Crippen LogP contribution in [-0.4, -0.2) is 0 Å². The first-order chi connectivity index (χ1) is 10.2. The van der Waals surface area contributed by atoms with Gasteiger partial charge in [0.05, 0.1) is 0 Å². The number of rotatable bonds is 4. The van der Waals surface area contributed by atoms with E-state index in [2.05, 4.69) is 72.3 Å². The summed E-state index contributed by atoms with van der Waals surface area (Å²) >= 11 is 3.65. The molecule has 0 saturated heterocycles. The summed E-state index contributed by atoms with van der Waals surface area (Å²) in [7, 11) is 0. The number of hydrogen-bond donors (Lipinski definition) is 0. The molecule has 0 radical (unpaired) electrons. The molecule has 0 nitrogen and oxygen atoms in total. The molecular weight excluding hydrogens is 320 g/mol. The topological polar surface area (TPSA) is 0 Å². The van der Waals surface area contributed by atoms with Crippen molar-refractivity contribution in [1.82, 2.24) is 0 Å². The molecule has 0 fully saturated rings. The number of unbranched alkanes of at least 4 members (excludes halogenated alkanes) is 1. The van der Waals surface area contributed by atoms with E-state index in [1.165, 1.54) is 52.7 Å². The van der Waals surface area contributed by atoms with E-state index in [0.717, 1.165) is 10.9 Å². The highest BCUT2D eigenvalue weighted by atomic mass is 79.9. The smallest absolute Gasteiger partial charge is 0.0187 e. The van der Waals surface area contributed by atoms with Crippen LogP contribution < -0.4 is 0 Å². The van der Waals surface area contributed by atoms with E-state index in [1.807, 2.05) is 0 Å². The molecule has 0 unspecified atom stereocenters. The molecule has 0 bridgehead atoms. The normalized spacial score (nSPS) is 13.2. The second kappa shape index (κ2) is 6.19. The third-order valence-electron chi connectivity index (χ3n) is 4.19. The lowest BCUT2D eigenvalue weighted by Crippen LogP contribution is -1.91. The van der Waals surface area contributed by atoms with E-state index in [1.54, 1.807) is 0 Å². The van der Waals surface area contributed by atoms with E-state index in [9.17, 15) is 0 Å². The van der Waals surface area contributed by atoms with Crippen molar-refractivity contribution in [1.29, 1.82) is 0 Å². The molecule has 2 aromatic carbocycles. The van der Waals surface area contributed by atoms with Crippen LogP contribution in [0.15, 0.2) is 46.4 Å². The molecule has 0 amide bonds. The number of aryl methyl sites for hydroxylation is 1. The summed E-state index contributed by atoms with van der Waals surface area (Å²) in [6.07, 6.45) is 7.10. The highest BCUT2D eigenvalue weighted by Gasteiger charge is 2.16. The lowest BCUT2D eigenvalue weighted by atomic mass is 9.95. The summed E-state index contributed by atoms with van der Waals surface area (Å²) in [6.45, 7) is 4.46. The van der Waals surface area contributed by atoms with Gasteiger partial charge >= 0.3 is 0 Å². The van der Waals surface area contributed by atoms with Gasteiger partial charge in [0, 0.05) is 4.47 Å². The number of benzene rings is 2. The van der Waals surface area contributed by atoms with E-state index in [-0.39, 0.29) is 0 Å². The second-order valence-electron chi connectivity index (χ2n) is 5.99. The van der Waals surface area contributed by atoms with Gasteiger partial charge in [-0.15, -0.1) is 0 Å². The summed E-state index contributed by atoms with van der Waals surface area (Å²) in [6, 6.07) is 13.6. The second-order valence-corrected chi connectivity index (χ2v) is 6.90. The number of hydrogen-bond acceptors (Lipinski definition) is 0. The summed E-state index contributed by atoms with van der Waals surface area (Å²) in [4.78, 5) is 0. The van der Waals surface area contributed by atoms with E-state index >= 15 is 0 Å². The third kappa shape index (κ3) is 3.13. The Bertz CT molecular complexity index is 678. The van der Waals surface area contributed by atoms with Crippen LogP contribution >= 0.6 is 15.9 Å². The monoisotopic (exact) mass is 340 g/mol. The van der Waals surface area contributed by atoms with Gasteiger partial charge in [-0.2, -0.15) is 0 Å². The van der Waals surface area contributed by atoms with Crippen LogP contribution in [0, 0.1) is 0 Å². The van der Waals surface area contributed by atoms with Gasteiger partial charge in [-0.3, -0.25) is 0 Å².